The molecule has 6 nitrogen and oxygen atoms in total. The number of benzene rings is 3. The second-order valence-electron chi connectivity index (χ2n) is 7.03. The van der Waals surface area contributed by atoms with E-state index in [1.54, 1.807) is 24.3 Å². The first-order chi connectivity index (χ1) is 14.5. The summed E-state index contributed by atoms with van der Waals surface area (Å²) in [6.07, 6.45) is 0.623. The van der Waals surface area contributed by atoms with Crippen LogP contribution in [0.5, 0.6) is 11.5 Å². The van der Waals surface area contributed by atoms with Crippen molar-refractivity contribution in [1.29, 1.82) is 0 Å². The van der Waals surface area contributed by atoms with E-state index in [-0.39, 0.29) is 11.7 Å². The van der Waals surface area contributed by atoms with E-state index in [1.807, 2.05) is 54.6 Å². The Kier molecular flexibility index (Phi) is 5.72. The van der Waals surface area contributed by atoms with E-state index in [2.05, 4.69) is 5.32 Å². The molecule has 0 aliphatic carbocycles. The number of amides is 1. The number of nitrogens with one attached hydrogen (secondary N) is 1. The summed E-state index contributed by atoms with van der Waals surface area (Å²) in [5, 5.41) is 2.89. The second-order valence-corrected chi connectivity index (χ2v) is 9.05. The highest BCUT2D eigenvalue weighted by molar-refractivity contribution is 7.93. The fraction of sp³-hybridized carbons (Fsp3) is 0.174. The van der Waals surface area contributed by atoms with Gasteiger partial charge in [0.2, 0.25) is 10.0 Å². The van der Waals surface area contributed by atoms with E-state index >= 15 is 0 Å². The number of para-hydroxylation sites is 1. The Labute approximate surface area is 176 Å². The van der Waals surface area contributed by atoms with Crippen LogP contribution in [0.3, 0.4) is 0 Å². The van der Waals surface area contributed by atoms with Crippen LogP contribution in [0, 0.1) is 0 Å². The molecule has 1 amide bonds. The van der Waals surface area contributed by atoms with Gasteiger partial charge in [-0.15, -0.1) is 0 Å². The molecule has 3 aromatic rings. The van der Waals surface area contributed by atoms with Gasteiger partial charge in [0.1, 0.15) is 11.5 Å². The summed E-state index contributed by atoms with van der Waals surface area (Å²) >= 11 is 0. The standard InChI is InChI=1S/C23H22N2O4S/c26-23(19-10-12-20(13-11-19)25-14-5-15-30(25,27)28)24-17-18-6-4-9-22(16-18)29-21-7-2-1-3-8-21/h1-4,6-13,16H,5,14-15,17H2,(H,24,26). The minimum absolute atomic E-state index is 0.169. The molecule has 7 heteroatoms. The molecule has 30 heavy (non-hydrogen) atoms. The van der Waals surface area contributed by atoms with Crippen molar-refractivity contribution in [3.05, 3.63) is 90.0 Å². The summed E-state index contributed by atoms with van der Waals surface area (Å²) in [6, 6.07) is 23.7. The van der Waals surface area contributed by atoms with Gasteiger partial charge in [0, 0.05) is 18.7 Å². The molecule has 3 aromatic carbocycles. The summed E-state index contributed by atoms with van der Waals surface area (Å²) in [5.41, 5.74) is 1.98. The Bertz CT molecular complexity index is 1130. The number of anilines is 1. The Morgan fingerprint density at radius 2 is 1.67 bits per heavy atom. The van der Waals surface area contributed by atoms with E-state index in [4.69, 9.17) is 4.74 Å². The zero-order valence-electron chi connectivity index (χ0n) is 16.3. The summed E-state index contributed by atoms with van der Waals surface area (Å²) in [7, 11) is -3.23. The van der Waals surface area contributed by atoms with Crippen molar-refractivity contribution in [2.45, 2.75) is 13.0 Å². The lowest BCUT2D eigenvalue weighted by Gasteiger charge is -2.17. The van der Waals surface area contributed by atoms with Crippen LogP contribution in [0.4, 0.5) is 5.69 Å². The van der Waals surface area contributed by atoms with Gasteiger partial charge in [-0.2, -0.15) is 0 Å². The number of nitrogens with zero attached hydrogens (tertiary/aromatic N) is 1. The fourth-order valence-electron chi connectivity index (χ4n) is 3.34. The Balaban J connectivity index is 1.37. The maximum Gasteiger partial charge on any atom is 0.251 e. The minimum atomic E-state index is -3.23. The minimum Gasteiger partial charge on any atom is -0.457 e. The topological polar surface area (TPSA) is 75.7 Å². The Morgan fingerprint density at radius 3 is 2.37 bits per heavy atom. The highest BCUT2D eigenvalue weighted by Crippen LogP contribution is 2.24. The number of carbonyl (C=O) groups is 1. The Morgan fingerprint density at radius 1 is 0.933 bits per heavy atom. The predicted octanol–water partition coefficient (Wildman–Crippen LogP) is 3.95. The molecule has 1 aliphatic rings. The summed E-state index contributed by atoms with van der Waals surface area (Å²) < 4.78 is 31.3. The third-order valence-corrected chi connectivity index (χ3v) is 6.72. The fourth-order valence-corrected chi connectivity index (χ4v) is 4.90. The molecule has 0 spiro atoms. The molecule has 0 atom stereocenters. The first kappa shape index (κ1) is 20.0. The molecule has 1 fully saturated rings. The largest absolute Gasteiger partial charge is 0.457 e. The van der Waals surface area contributed by atoms with Crippen LogP contribution in [0.25, 0.3) is 0 Å². The van der Waals surface area contributed by atoms with Gasteiger partial charge < -0.3 is 10.1 Å². The number of hydrogen-bond donors (Lipinski definition) is 1. The molecular formula is C23H22N2O4S. The van der Waals surface area contributed by atoms with Crippen molar-refractivity contribution in [1.82, 2.24) is 5.32 Å². The van der Waals surface area contributed by atoms with Crippen LogP contribution >= 0.6 is 0 Å². The summed E-state index contributed by atoms with van der Waals surface area (Å²) in [6.45, 7) is 0.836. The summed E-state index contributed by atoms with van der Waals surface area (Å²) in [4.78, 5) is 12.5. The maximum atomic E-state index is 12.5. The molecule has 1 N–H and O–H groups in total. The molecule has 154 valence electrons. The lowest BCUT2D eigenvalue weighted by Crippen LogP contribution is -2.25. The van der Waals surface area contributed by atoms with Crippen molar-refractivity contribution in [2.24, 2.45) is 0 Å². The molecule has 1 aliphatic heterocycles. The zero-order valence-corrected chi connectivity index (χ0v) is 17.1. The Hall–Kier alpha value is -3.32. The molecule has 4 rings (SSSR count). The molecule has 1 heterocycles. The van der Waals surface area contributed by atoms with Gasteiger partial charge >= 0.3 is 0 Å². The second kappa shape index (κ2) is 8.59. The average Bonchev–Trinajstić information content (AvgIpc) is 3.12. The highest BCUT2D eigenvalue weighted by Gasteiger charge is 2.28. The van der Waals surface area contributed by atoms with Crippen molar-refractivity contribution in [3.63, 3.8) is 0 Å². The highest BCUT2D eigenvalue weighted by atomic mass is 32.2. The van der Waals surface area contributed by atoms with Crippen LogP contribution < -0.4 is 14.4 Å². The van der Waals surface area contributed by atoms with Gasteiger partial charge in [0.15, 0.2) is 0 Å². The first-order valence-electron chi connectivity index (χ1n) is 9.72. The van der Waals surface area contributed by atoms with E-state index in [0.29, 0.717) is 36.5 Å². The van der Waals surface area contributed by atoms with Gasteiger partial charge in [-0.3, -0.25) is 9.10 Å². The normalized spacial score (nSPS) is 15.0. The van der Waals surface area contributed by atoms with Crippen LogP contribution in [0.2, 0.25) is 0 Å². The van der Waals surface area contributed by atoms with Crippen molar-refractivity contribution in [3.8, 4) is 11.5 Å². The van der Waals surface area contributed by atoms with E-state index in [0.717, 1.165) is 11.3 Å². The number of sulfonamides is 1. The zero-order chi connectivity index (χ0) is 21.0. The van der Waals surface area contributed by atoms with Crippen LogP contribution in [0.1, 0.15) is 22.3 Å². The molecule has 0 saturated carbocycles. The molecule has 0 bridgehead atoms. The van der Waals surface area contributed by atoms with E-state index < -0.39 is 10.0 Å². The van der Waals surface area contributed by atoms with Crippen molar-refractivity contribution in [2.75, 3.05) is 16.6 Å². The monoisotopic (exact) mass is 422 g/mol. The van der Waals surface area contributed by atoms with Crippen molar-refractivity contribution >= 4 is 21.6 Å². The maximum absolute atomic E-state index is 12.5. The van der Waals surface area contributed by atoms with Crippen molar-refractivity contribution < 1.29 is 17.9 Å². The molecule has 0 radical (unpaired) electrons. The van der Waals surface area contributed by atoms with Gasteiger partial charge in [0.25, 0.3) is 5.91 Å². The molecule has 1 saturated heterocycles. The van der Waals surface area contributed by atoms with Crippen LogP contribution in [-0.2, 0) is 16.6 Å². The lowest BCUT2D eigenvalue weighted by molar-refractivity contribution is 0.0951. The number of rotatable bonds is 6. The molecule has 0 aromatic heterocycles. The lowest BCUT2D eigenvalue weighted by atomic mass is 10.1. The number of carbonyl (C=O) groups excluding carboxylic acids is 1. The number of hydrogen-bond acceptors (Lipinski definition) is 4. The van der Waals surface area contributed by atoms with Gasteiger partial charge in [0.05, 0.1) is 11.4 Å². The van der Waals surface area contributed by atoms with Gasteiger partial charge in [-0.05, 0) is 60.5 Å². The van der Waals surface area contributed by atoms with Gasteiger partial charge in [-0.25, -0.2) is 8.42 Å². The van der Waals surface area contributed by atoms with E-state index in [9.17, 15) is 13.2 Å². The average molecular weight is 423 g/mol. The van der Waals surface area contributed by atoms with E-state index in [1.165, 1.54) is 4.31 Å². The molecule has 0 unspecified atom stereocenters. The van der Waals surface area contributed by atoms with Crippen LogP contribution in [-0.4, -0.2) is 26.6 Å². The first-order valence-corrected chi connectivity index (χ1v) is 11.3. The SMILES string of the molecule is O=C(NCc1cccc(Oc2ccccc2)c1)c1ccc(N2CCCS2(=O)=O)cc1. The predicted molar refractivity (Wildman–Crippen MR) is 116 cm³/mol. The quantitative estimate of drug-likeness (QED) is 0.653. The molecular weight excluding hydrogens is 400 g/mol. The third-order valence-electron chi connectivity index (χ3n) is 4.85. The smallest absolute Gasteiger partial charge is 0.251 e. The number of ether oxygens (including phenoxy) is 1. The van der Waals surface area contributed by atoms with Crippen LogP contribution in [0.15, 0.2) is 78.9 Å². The third kappa shape index (κ3) is 4.63. The van der Waals surface area contributed by atoms with Gasteiger partial charge in [-0.1, -0.05) is 30.3 Å². The summed E-state index contributed by atoms with van der Waals surface area (Å²) in [5.74, 6) is 1.39.